The SMILES string of the molecule is CC(=O)O.CCCCC(C(=O)O)C(O)(C(=O)O)C(CCCC)(CCCC)C(=O)O.CCCCOC(=O)CC(O)(CC(=O)OCCCC)C(=O)OCCCC. The van der Waals surface area contributed by atoms with Crippen LogP contribution in [0.5, 0.6) is 0 Å². The summed E-state index contributed by atoms with van der Waals surface area (Å²) < 4.78 is 14.9. The Kier molecular flexibility index (Phi) is 30.8. The first-order valence-corrected chi connectivity index (χ1v) is 19.1. The monoisotopic (exact) mass is 780 g/mol. The molecule has 0 amide bonds. The molecule has 0 saturated heterocycles. The van der Waals surface area contributed by atoms with E-state index in [9.17, 15) is 54.3 Å². The highest BCUT2D eigenvalue weighted by molar-refractivity contribution is 5.93. The van der Waals surface area contributed by atoms with E-state index in [2.05, 4.69) is 0 Å². The van der Waals surface area contributed by atoms with E-state index in [1.54, 1.807) is 0 Å². The van der Waals surface area contributed by atoms with Crippen LogP contribution in [0, 0.1) is 11.3 Å². The van der Waals surface area contributed by atoms with E-state index in [0.717, 1.165) is 26.2 Å². The number of aliphatic carboxylic acids is 4. The molecule has 0 aromatic heterocycles. The maximum atomic E-state index is 12.2. The molecule has 0 spiro atoms. The molecule has 0 saturated carbocycles. The van der Waals surface area contributed by atoms with Gasteiger partial charge in [0.25, 0.3) is 5.97 Å². The Morgan fingerprint density at radius 1 is 0.537 bits per heavy atom. The molecule has 316 valence electrons. The number of esters is 3. The van der Waals surface area contributed by atoms with E-state index < -0.39 is 77.2 Å². The van der Waals surface area contributed by atoms with Crippen LogP contribution in [-0.4, -0.2) is 103 Å². The second kappa shape index (κ2) is 30.5. The average Bonchev–Trinajstić information content (AvgIpc) is 3.08. The summed E-state index contributed by atoms with van der Waals surface area (Å²) >= 11 is 0. The molecule has 0 bridgehead atoms. The first-order valence-electron chi connectivity index (χ1n) is 19.1. The van der Waals surface area contributed by atoms with Gasteiger partial charge in [-0.2, -0.15) is 0 Å². The lowest BCUT2D eigenvalue weighted by molar-refractivity contribution is -0.207. The lowest BCUT2D eigenvalue weighted by Gasteiger charge is -2.44. The number of carbonyl (C=O) groups is 7. The molecule has 0 aliphatic heterocycles. The standard InChI is InChI=1S/2C18H32O7.C2H4O2/c1-4-7-10-23-15(19)13-18(22,17(21)25-12-9-6-3)14-16(20)24-11-8-5-2;1-4-7-10-13(14(19)20)18(25,16(23)24)17(15(21)22,11-8-5-2)12-9-6-3;1-2(3)4/h22H,4-14H2,1-3H3;13,25H,4-12H2,1-3H3,(H,19,20)(H,21,22)(H,23,24);1H3,(H,3,4). The smallest absolute Gasteiger partial charge is 0.339 e. The van der Waals surface area contributed by atoms with Gasteiger partial charge in [-0.3, -0.25) is 24.0 Å². The van der Waals surface area contributed by atoms with E-state index in [-0.39, 0.29) is 39.1 Å². The molecule has 0 aromatic rings. The Balaban J connectivity index is -0.000000875. The third kappa shape index (κ3) is 20.6. The first kappa shape index (κ1) is 54.6. The van der Waals surface area contributed by atoms with Crippen molar-refractivity contribution in [2.45, 2.75) is 169 Å². The summed E-state index contributed by atoms with van der Waals surface area (Å²) in [4.78, 5) is 80.9. The fourth-order valence-electron chi connectivity index (χ4n) is 5.34. The zero-order chi connectivity index (χ0) is 42.4. The van der Waals surface area contributed by atoms with Crippen LogP contribution in [0.15, 0.2) is 0 Å². The topological polar surface area (TPSA) is 269 Å². The van der Waals surface area contributed by atoms with E-state index in [4.69, 9.17) is 24.1 Å². The van der Waals surface area contributed by atoms with Crippen LogP contribution in [0.2, 0.25) is 0 Å². The van der Waals surface area contributed by atoms with Crippen molar-refractivity contribution in [3.8, 4) is 0 Å². The molecule has 16 nitrogen and oxygen atoms in total. The van der Waals surface area contributed by atoms with Crippen molar-refractivity contribution < 1.29 is 78.4 Å². The van der Waals surface area contributed by atoms with Crippen LogP contribution in [0.3, 0.4) is 0 Å². The van der Waals surface area contributed by atoms with Gasteiger partial charge < -0.3 is 44.8 Å². The van der Waals surface area contributed by atoms with E-state index >= 15 is 0 Å². The normalized spacial score (nSPS) is 12.7. The highest BCUT2D eigenvalue weighted by Crippen LogP contribution is 2.48. The number of ether oxygens (including phenoxy) is 3. The van der Waals surface area contributed by atoms with Crippen molar-refractivity contribution in [1.82, 2.24) is 0 Å². The van der Waals surface area contributed by atoms with Gasteiger partial charge in [0.05, 0.1) is 38.6 Å². The predicted molar refractivity (Wildman–Crippen MR) is 197 cm³/mol. The molecule has 54 heavy (non-hydrogen) atoms. The summed E-state index contributed by atoms with van der Waals surface area (Å²) in [6.07, 6.45) is 6.03. The summed E-state index contributed by atoms with van der Waals surface area (Å²) in [5.74, 6) is -9.69. The van der Waals surface area contributed by atoms with Crippen LogP contribution in [0.25, 0.3) is 0 Å². The third-order valence-electron chi connectivity index (χ3n) is 8.53. The summed E-state index contributed by atoms with van der Waals surface area (Å²) in [6.45, 7) is 12.9. The largest absolute Gasteiger partial charge is 0.481 e. The minimum absolute atomic E-state index is 0.0719. The quantitative estimate of drug-likeness (QED) is 0.0313. The van der Waals surface area contributed by atoms with Crippen molar-refractivity contribution >= 4 is 41.8 Å². The van der Waals surface area contributed by atoms with Gasteiger partial charge in [0.2, 0.25) is 0 Å². The highest BCUT2D eigenvalue weighted by atomic mass is 16.6. The molecule has 2 atom stereocenters. The molecule has 0 radical (unpaired) electrons. The lowest BCUT2D eigenvalue weighted by atomic mass is 9.59. The number of carboxylic acids is 4. The van der Waals surface area contributed by atoms with Gasteiger partial charge in [-0.05, 0) is 38.5 Å². The molecule has 16 heteroatoms. The van der Waals surface area contributed by atoms with Gasteiger partial charge in [-0.15, -0.1) is 0 Å². The summed E-state index contributed by atoms with van der Waals surface area (Å²) in [5.41, 5.74) is -7.15. The molecular formula is C38H68O16. The lowest BCUT2D eigenvalue weighted by Crippen LogP contribution is -2.64. The summed E-state index contributed by atoms with van der Waals surface area (Å²) in [7, 11) is 0. The predicted octanol–water partition coefficient (Wildman–Crippen LogP) is 5.76. The first-order chi connectivity index (χ1) is 25.3. The van der Waals surface area contributed by atoms with Crippen molar-refractivity contribution in [1.29, 1.82) is 0 Å². The van der Waals surface area contributed by atoms with Gasteiger partial charge in [0, 0.05) is 6.92 Å². The molecule has 6 N–H and O–H groups in total. The zero-order valence-electron chi connectivity index (χ0n) is 33.5. The molecular weight excluding hydrogens is 712 g/mol. The van der Waals surface area contributed by atoms with Crippen molar-refractivity contribution in [3.05, 3.63) is 0 Å². The fraction of sp³-hybridized carbons (Fsp3) is 0.816. The molecule has 0 rings (SSSR count). The maximum Gasteiger partial charge on any atom is 0.339 e. The molecule has 0 aliphatic rings. The summed E-state index contributed by atoms with van der Waals surface area (Å²) in [5, 5.41) is 58.3. The van der Waals surface area contributed by atoms with Crippen molar-refractivity contribution in [3.63, 3.8) is 0 Å². The van der Waals surface area contributed by atoms with Gasteiger partial charge >= 0.3 is 35.8 Å². The Bertz CT molecular complexity index is 1080. The molecule has 0 fully saturated rings. The molecule has 0 aliphatic carbocycles. The van der Waals surface area contributed by atoms with Gasteiger partial charge in [0.1, 0.15) is 5.41 Å². The van der Waals surface area contributed by atoms with Crippen LogP contribution in [0.4, 0.5) is 0 Å². The number of carboxylic acid groups (broad SMARTS) is 4. The molecule has 0 heterocycles. The number of unbranched alkanes of at least 4 members (excludes halogenated alkanes) is 6. The fourth-order valence-corrected chi connectivity index (χ4v) is 5.34. The number of carbonyl (C=O) groups excluding carboxylic acids is 3. The minimum atomic E-state index is -2.86. The Labute approximate surface area is 319 Å². The zero-order valence-corrected chi connectivity index (χ0v) is 33.5. The van der Waals surface area contributed by atoms with Crippen LogP contribution in [-0.2, 0) is 47.8 Å². The van der Waals surface area contributed by atoms with Crippen LogP contribution >= 0.6 is 0 Å². The average molecular weight is 781 g/mol. The Morgan fingerprint density at radius 3 is 1.19 bits per heavy atom. The second-order valence-electron chi connectivity index (χ2n) is 13.2. The minimum Gasteiger partial charge on any atom is -0.481 e. The number of hydrogen-bond acceptors (Lipinski definition) is 12. The Hall–Kier alpha value is -3.79. The number of rotatable bonds is 28. The number of hydrogen-bond donors (Lipinski definition) is 6. The second-order valence-corrected chi connectivity index (χ2v) is 13.2. The van der Waals surface area contributed by atoms with E-state index in [0.29, 0.717) is 57.8 Å². The van der Waals surface area contributed by atoms with E-state index in [1.807, 2.05) is 41.5 Å². The van der Waals surface area contributed by atoms with Crippen molar-refractivity contribution in [2.75, 3.05) is 19.8 Å². The number of aliphatic hydroxyl groups is 2. The van der Waals surface area contributed by atoms with Crippen molar-refractivity contribution in [2.24, 2.45) is 11.3 Å². The van der Waals surface area contributed by atoms with Gasteiger partial charge in [-0.1, -0.05) is 99.3 Å². The van der Waals surface area contributed by atoms with Crippen LogP contribution in [0.1, 0.15) is 158 Å². The molecule has 2 unspecified atom stereocenters. The van der Waals surface area contributed by atoms with E-state index in [1.165, 1.54) is 0 Å². The third-order valence-corrected chi connectivity index (χ3v) is 8.53. The highest BCUT2D eigenvalue weighted by Gasteiger charge is 2.65. The van der Waals surface area contributed by atoms with Gasteiger partial charge in [-0.25, -0.2) is 9.59 Å². The van der Waals surface area contributed by atoms with Gasteiger partial charge in [0.15, 0.2) is 11.2 Å². The summed E-state index contributed by atoms with van der Waals surface area (Å²) in [6, 6.07) is 0. The Morgan fingerprint density at radius 2 is 0.889 bits per heavy atom. The van der Waals surface area contributed by atoms with Crippen LogP contribution < -0.4 is 0 Å². The molecule has 0 aromatic carbocycles. The maximum absolute atomic E-state index is 12.2.